The molecule has 0 atom stereocenters. The van der Waals surface area contributed by atoms with E-state index in [1.807, 2.05) is 18.2 Å². The number of alkyl halides is 3. The van der Waals surface area contributed by atoms with Crippen molar-refractivity contribution >= 4 is 44.9 Å². The van der Waals surface area contributed by atoms with Crippen LogP contribution in [0.2, 0.25) is 0 Å². The molecular weight excluding hydrogens is 688 g/mol. The lowest BCUT2D eigenvalue weighted by atomic mass is 10.0. The van der Waals surface area contributed by atoms with Crippen molar-refractivity contribution in [3.63, 3.8) is 0 Å². The van der Waals surface area contributed by atoms with Gasteiger partial charge in [0.25, 0.3) is 0 Å². The van der Waals surface area contributed by atoms with Crippen LogP contribution in [-0.2, 0) is 26.0 Å². The van der Waals surface area contributed by atoms with Crippen molar-refractivity contribution < 1.29 is 45.8 Å². The molecule has 0 radical (unpaired) electrons. The number of hydrogen-bond donors (Lipinski definition) is 3. The van der Waals surface area contributed by atoms with Gasteiger partial charge in [-0.3, -0.25) is 10.1 Å². The van der Waals surface area contributed by atoms with E-state index in [1.165, 1.54) is 30.1 Å². The summed E-state index contributed by atoms with van der Waals surface area (Å²) in [6, 6.07) is 12.4. The van der Waals surface area contributed by atoms with Gasteiger partial charge in [-0.25, -0.2) is 37.7 Å². The van der Waals surface area contributed by atoms with Crippen LogP contribution in [0.25, 0.3) is 21.0 Å². The number of carboxylic acids is 1. The zero-order valence-corrected chi connectivity index (χ0v) is 28.7. The van der Waals surface area contributed by atoms with Gasteiger partial charge in [-0.05, 0) is 76.9 Å². The Kier molecular flexibility index (Phi) is 12.7. The minimum absolute atomic E-state index is 0.115. The van der Waals surface area contributed by atoms with E-state index >= 15 is 0 Å². The highest BCUT2D eigenvalue weighted by atomic mass is 32.2. The van der Waals surface area contributed by atoms with Gasteiger partial charge in [-0.15, -0.1) is 11.3 Å². The number of amides is 1. The Morgan fingerprint density at radius 2 is 1.59 bits per heavy atom. The lowest BCUT2D eigenvalue weighted by molar-refractivity contribution is -0.192. The molecule has 0 saturated heterocycles. The van der Waals surface area contributed by atoms with Gasteiger partial charge in [0.2, 0.25) is 10.0 Å². The Hall–Kier alpha value is -4.74. The Bertz CT molecular complexity index is 1880. The zero-order valence-electron chi connectivity index (χ0n) is 27.0. The minimum Gasteiger partial charge on any atom is -0.475 e. The summed E-state index contributed by atoms with van der Waals surface area (Å²) in [4.78, 5) is 46.5. The maximum atomic E-state index is 13.6. The average molecular weight is 722 g/mol. The number of aryl methyl sites for hydroxylation is 1. The summed E-state index contributed by atoms with van der Waals surface area (Å²) in [5.41, 5.74) is 2.32. The number of Topliss-reactive ketones (excluding diaryl/α,β-unsaturated/α-hetero) is 1. The van der Waals surface area contributed by atoms with Crippen LogP contribution < -0.4 is 10.0 Å². The SMILES string of the molecule is CC(C)OC(=O)Nc1ccc(-c2ncc(-c3ccc(CCC(=O)c4cncnc4)cc3S(=O)(=O)NC(C)(C)C)s2)cc1.O=C(O)C(F)(F)F. The van der Waals surface area contributed by atoms with Crippen LogP contribution in [-0.4, -0.2) is 64.1 Å². The predicted octanol–water partition coefficient (Wildman–Crippen LogP) is 6.75. The fourth-order valence-electron chi connectivity index (χ4n) is 4.04. The molecule has 2 aromatic carbocycles. The van der Waals surface area contributed by atoms with Gasteiger partial charge in [0.1, 0.15) is 11.3 Å². The standard InChI is InChI=1S/C30H33N5O5S2.C2HF3O2/c1-19(2)40-29(37)34-23-10-8-21(9-11-23)28-33-17-26(41-28)24-12-6-20(7-13-25(36)22-15-31-18-32-16-22)14-27(24)42(38,39)35-30(3,4)5;3-2(4,5)1(6)7/h6,8-12,14-19,35H,7,13H2,1-5H3,(H,34,37);(H,6,7). The number of rotatable bonds is 10. The number of ketones is 1. The second-order valence-electron chi connectivity index (χ2n) is 11.7. The molecule has 17 heteroatoms. The number of anilines is 1. The van der Waals surface area contributed by atoms with Crippen LogP contribution in [0, 0.1) is 0 Å². The van der Waals surface area contributed by atoms with E-state index in [-0.39, 0.29) is 23.2 Å². The monoisotopic (exact) mass is 721 g/mol. The Labute approximate surface area is 284 Å². The molecule has 0 fully saturated rings. The topological polar surface area (TPSA) is 178 Å². The van der Waals surface area contributed by atoms with Crippen molar-refractivity contribution in [2.45, 2.75) is 70.2 Å². The van der Waals surface area contributed by atoms with Crippen LogP contribution in [0.3, 0.4) is 0 Å². The van der Waals surface area contributed by atoms with Gasteiger partial charge in [0.05, 0.1) is 21.4 Å². The van der Waals surface area contributed by atoms with Crippen LogP contribution in [0.15, 0.2) is 72.3 Å². The second kappa shape index (κ2) is 16.1. The minimum atomic E-state index is -5.08. The molecule has 1 amide bonds. The van der Waals surface area contributed by atoms with Gasteiger partial charge in [-0.1, -0.05) is 12.1 Å². The van der Waals surface area contributed by atoms with Crippen molar-refractivity contribution in [2.24, 2.45) is 0 Å². The quantitative estimate of drug-likeness (QED) is 0.148. The van der Waals surface area contributed by atoms with E-state index in [4.69, 9.17) is 14.6 Å². The molecule has 4 aromatic rings. The Morgan fingerprint density at radius 3 is 2.14 bits per heavy atom. The highest BCUT2D eigenvalue weighted by Gasteiger charge is 2.38. The number of nitrogens with zero attached hydrogens (tertiary/aromatic N) is 3. The highest BCUT2D eigenvalue weighted by molar-refractivity contribution is 7.89. The van der Waals surface area contributed by atoms with E-state index in [0.717, 1.165) is 5.56 Å². The summed E-state index contributed by atoms with van der Waals surface area (Å²) in [6.07, 6.45) is 0.630. The van der Waals surface area contributed by atoms with Crippen molar-refractivity contribution in [1.82, 2.24) is 19.7 Å². The number of benzene rings is 2. The third-order valence-corrected chi connectivity index (χ3v) is 8.91. The lowest BCUT2D eigenvalue weighted by Crippen LogP contribution is -2.40. The van der Waals surface area contributed by atoms with Crippen molar-refractivity contribution in [1.29, 1.82) is 0 Å². The molecule has 2 heterocycles. The molecule has 0 aliphatic rings. The number of carbonyl (C=O) groups excluding carboxylic acids is 2. The van der Waals surface area contributed by atoms with Crippen LogP contribution in [0.1, 0.15) is 57.0 Å². The molecule has 0 unspecified atom stereocenters. The molecular formula is C32H34F3N5O7S2. The summed E-state index contributed by atoms with van der Waals surface area (Å²) in [7, 11) is -3.92. The molecule has 262 valence electrons. The molecule has 0 bridgehead atoms. The van der Waals surface area contributed by atoms with Crippen molar-refractivity contribution in [3.8, 4) is 21.0 Å². The number of hydrogen-bond acceptors (Lipinski definition) is 10. The van der Waals surface area contributed by atoms with Gasteiger partial charge in [-0.2, -0.15) is 13.2 Å². The number of nitrogens with one attached hydrogen (secondary N) is 2. The molecule has 49 heavy (non-hydrogen) atoms. The number of aromatic nitrogens is 3. The van der Waals surface area contributed by atoms with E-state index in [0.29, 0.717) is 38.7 Å². The number of thiazole rings is 1. The highest BCUT2D eigenvalue weighted by Crippen LogP contribution is 2.37. The first kappa shape index (κ1) is 38.7. The largest absolute Gasteiger partial charge is 0.490 e. The smallest absolute Gasteiger partial charge is 0.475 e. The summed E-state index contributed by atoms with van der Waals surface area (Å²) in [6.45, 7) is 8.88. The van der Waals surface area contributed by atoms with Crippen molar-refractivity contribution in [2.75, 3.05) is 5.32 Å². The molecule has 2 aromatic heterocycles. The first-order valence-electron chi connectivity index (χ1n) is 14.5. The van der Waals surface area contributed by atoms with Gasteiger partial charge in [0.15, 0.2) is 5.78 Å². The fraction of sp³-hybridized carbons (Fsp3) is 0.312. The molecule has 0 spiro atoms. The predicted molar refractivity (Wildman–Crippen MR) is 177 cm³/mol. The first-order valence-corrected chi connectivity index (χ1v) is 16.8. The third-order valence-electron chi connectivity index (χ3n) is 6.03. The fourth-order valence-corrected chi connectivity index (χ4v) is 6.76. The normalized spacial score (nSPS) is 11.8. The average Bonchev–Trinajstić information content (AvgIpc) is 3.49. The third kappa shape index (κ3) is 12.0. The molecule has 4 rings (SSSR count). The first-order chi connectivity index (χ1) is 22.7. The maximum Gasteiger partial charge on any atom is 0.490 e. The number of aliphatic carboxylic acids is 1. The van der Waals surface area contributed by atoms with E-state index in [2.05, 4.69) is 25.0 Å². The lowest BCUT2D eigenvalue weighted by Gasteiger charge is -2.22. The van der Waals surface area contributed by atoms with Crippen LogP contribution in [0.5, 0.6) is 0 Å². The molecule has 0 aliphatic heterocycles. The number of carboxylic acid groups (broad SMARTS) is 1. The van der Waals surface area contributed by atoms with E-state index < -0.39 is 33.8 Å². The number of ether oxygens (including phenoxy) is 1. The number of halogens is 3. The molecule has 0 saturated carbocycles. The second-order valence-corrected chi connectivity index (χ2v) is 14.4. The van der Waals surface area contributed by atoms with Gasteiger partial charge in [0, 0.05) is 47.4 Å². The van der Waals surface area contributed by atoms with E-state index in [9.17, 15) is 31.2 Å². The van der Waals surface area contributed by atoms with Gasteiger partial charge >= 0.3 is 18.2 Å². The number of sulfonamides is 1. The molecule has 3 N–H and O–H groups in total. The summed E-state index contributed by atoms with van der Waals surface area (Å²) in [5.74, 6) is -2.88. The van der Waals surface area contributed by atoms with Crippen LogP contribution in [0.4, 0.5) is 23.7 Å². The Morgan fingerprint density at radius 1 is 0.980 bits per heavy atom. The van der Waals surface area contributed by atoms with Gasteiger partial charge < -0.3 is 9.84 Å². The zero-order chi connectivity index (χ0) is 36.6. The molecule has 0 aliphatic carbocycles. The summed E-state index contributed by atoms with van der Waals surface area (Å²) >= 11 is 1.35. The number of carbonyl (C=O) groups is 3. The Balaban J connectivity index is 0.000000838. The summed E-state index contributed by atoms with van der Waals surface area (Å²) in [5, 5.41) is 10.5. The molecule has 12 nitrogen and oxygen atoms in total. The maximum absolute atomic E-state index is 13.6. The van der Waals surface area contributed by atoms with Crippen LogP contribution >= 0.6 is 11.3 Å². The van der Waals surface area contributed by atoms with E-state index in [1.54, 1.807) is 65.1 Å². The summed E-state index contributed by atoms with van der Waals surface area (Å²) < 4.78 is 66.7. The van der Waals surface area contributed by atoms with Crippen molar-refractivity contribution in [3.05, 3.63) is 78.5 Å².